The smallest absolute Gasteiger partial charge is 0.404 e. The molecule has 0 aliphatic carbocycles. The van der Waals surface area contributed by atoms with E-state index in [1.165, 1.54) is 0 Å². The van der Waals surface area contributed by atoms with Crippen LogP contribution < -0.4 is 10.6 Å². The van der Waals surface area contributed by atoms with E-state index >= 15 is 0 Å². The fraction of sp³-hybridized carbons (Fsp3) is 0.154. The van der Waals surface area contributed by atoms with Crippen LogP contribution in [0.1, 0.15) is 10.5 Å². The molecular weight excluding hydrogens is 300 g/mol. The molecule has 1 heterocycles. The fourth-order valence-corrected chi connectivity index (χ4v) is 1.70. The lowest BCUT2D eigenvalue weighted by atomic mass is 10.1. The van der Waals surface area contributed by atoms with Gasteiger partial charge in [0.2, 0.25) is 0 Å². The summed E-state index contributed by atoms with van der Waals surface area (Å²) in [6.45, 7) is 0.0164. The zero-order chi connectivity index (χ0) is 16.1. The fourth-order valence-electron chi connectivity index (χ4n) is 1.70. The van der Waals surface area contributed by atoms with Gasteiger partial charge in [0.05, 0.1) is 5.56 Å². The van der Waals surface area contributed by atoms with Gasteiger partial charge in [0.25, 0.3) is 5.91 Å². The lowest BCUT2D eigenvalue weighted by molar-refractivity contribution is 0.0949. The third kappa shape index (κ3) is 3.57. The van der Waals surface area contributed by atoms with E-state index in [0.29, 0.717) is 6.07 Å². The summed E-state index contributed by atoms with van der Waals surface area (Å²) < 4.78 is 31.6. The Hall–Kier alpha value is -2.97. The Morgan fingerprint density at radius 3 is 2.64 bits per heavy atom. The number of carbonyl (C=O) groups is 2. The number of nitrogens with one attached hydrogen (secondary N) is 2. The molecule has 116 valence electrons. The number of rotatable bonds is 5. The molecule has 2 aromatic rings. The van der Waals surface area contributed by atoms with Gasteiger partial charge in [0, 0.05) is 19.2 Å². The lowest BCUT2D eigenvalue weighted by Gasteiger charge is -2.05. The average molecular weight is 311 g/mol. The molecule has 3 N–H and O–H groups in total. The first kappa shape index (κ1) is 15.4. The summed E-state index contributed by atoms with van der Waals surface area (Å²) in [4.78, 5) is 25.9. The van der Waals surface area contributed by atoms with Crippen LogP contribution >= 0.6 is 0 Å². The predicted octanol–water partition coefficient (Wildman–Crippen LogP) is 1.62. The highest BCUT2D eigenvalue weighted by Gasteiger charge is 2.20. The maximum Gasteiger partial charge on any atom is 0.404 e. The molecule has 2 rings (SSSR count). The molecule has 1 aromatic carbocycles. The minimum absolute atomic E-state index is 0.000826. The number of benzene rings is 1. The molecule has 0 bridgehead atoms. The van der Waals surface area contributed by atoms with Gasteiger partial charge in [-0.3, -0.25) is 4.79 Å². The second kappa shape index (κ2) is 6.66. The standard InChI is InChI=1S/C13H11F2N3O4/c14-7-1-2-8(9(15)5-7)11-10(18-6-22-11)12(19)16-3-4-17-13(20)21/h1-2,5-6,17H,3-4H2,(H,16,19)(H,20,21). The molecule has 1 aromatic heterocycles. The Bertz CT molecular complexity index is 702. The van der Waals surface area contributed by atoms with E-state index in [1.807, 2.05) is 0 Å². The SMILES string of the molecule is O=C(O)NCCNC(=O)c1ncoc1-c1ccc(F)cc1F. The molecule has 0 aliphatic heterocycles. The van der Waals surface area contributed by atoms with Gasteiger partial charge in [-0.25, -0.2) is 18.6 Å². The molecule has 0 aliphatic rings. The Balaban J connectivity index is 2.12. The van der Waals surface area contributed by atoms with Crippen LogP contribution in [0.15, 0.2) is 29.0 Å². The first-order valence-electron chi connectivity index (χ1n) is 6.13. The van der Waals surface area contributed by atoms with Crippen LogP contribution in [0.25, 0.3) is 11.3 Å². The number of carbonyl (C=O) groups excluding carboxylic acids is 1. The lowest BCUT2D eigenvalue weighted by Crippen LogP contribution is -2.34. The monoisotopic (exact) mass is 311 g/mol. The van der Waals surface area contributed by atoms with Gasteiger partial charge in [-0.15, -0.1) is 0 Å². The second-order valence-corrected chi connectivity index (χ2v) is 4.14. The quantitative estimate of drug-likeness (QED) is 0.728. The molecule has 0 saturated heterocycles. The molecule has 2 amide bonds. The summed E-state index contributed by atoms with van der Waals surface area (Å²) in [5.74, 6) is -2.45. The van der Waals surface area contributed by atoms with Crippen LogP contribution in [0.3, 0.4) is 0 Å². The van der Waals surface area contributed by atoms with Gasteiger partial charge in [0.15, 0.2) is 17.8 Å². The van der Waals surface area contributed by atoms with E-state index in [0.717, 1.165) is 18.5 Å². The number of hydrogen-bond donors (Lipinski definition) is 3. The Morgan fingerprint density at radius 2 is 1.95 bits per heavy atom. The summed E-state index contributed by atoms with van der Waals surface area (Å²) in [5, 5.41) is 12.8. The normalized spacial score (nSPS) is 10.3. The average Bonchev–Trinajstić information content (AvgIpc) is 2.92. The van der Waals surface area contributed by atoms with Crippen molar-refractivity contribution >= 4 is 12.0 Å². The van der Waals surface area contributed by atoms with E-state index < -0.39 is 23.6 Å². The molecule has 0 fully saturated rings. The maximum absolute atomic E-state index is 13.7. The van der Waals surface area contributed by atoms with Gasteiger partial charge in [-0.1, -0.05) is 0 Å². The zero-order valence-electron chi connectivity index (χ0n) is 11.1. The Labute approximate surface area is 123 Å². The van der Waals surface area contributed by atoms with E-state index in [9.17, 15) is 18.4 Å². The van der Waals surface area contributed by atoms with Crippen molar-refractivity contribution in [2.45, 2.75) is 0 Å². The molecule has 22 heavy (non-hydrogen) atoms. The van der Waals surface area contributed by atoms with Crippen LogP contribution in [-0.2, 0) is 0 Å². The number of carboxylic acid groups (broad SMARTS) is 1. The second-order valence-electron chi connectivity index (χ2n) is 4.14. The molecule has 0 radical (unpaired) electrons. The van der Waals surface area contributed by atoms with Crippen molar-refractivity contribution in [3.05, 3.63) is 41.9 Å². The molecule has 0 atom stereocenters. The Kier molecular flexibility index (Phi) is 4.66. The van der Waals surface area contributed by atoms with Crippen molar-refractivity contribution in [2.24, 2.45) is 0 Å². The van der Waals surface area contributed by atoms with Crippen molar-refractivity contribution < 1.29 is 27.9 Å². The number of oxazole rings is 1. The topological polar surface area (TPSA) is 104 Å². The summed E-state index contributed by atoms with van der Waals surface area (Å²) in [6.07, 6.45) is -0.257. The minimum atomic E-state index is -1.22. The van der Waals surface area contributed by atoms with Crippen molar-refractivity contribution in [3.8, 4) is 11.3 Å². The highest BCUT2D eigenvalue weighted by molar-refractivity contribution is 5.97. The number of amides is 2. The van der Waals surface area contributed by atoms with E-state index in [1.54, 1.807) is 0 Å². The van der Waals surface area contributed by atoms with E-state index in [4.69, 9.17) is 9.52 Å². The van der Waals surface area contributed by atoms with Gasteiger partial charge >= 0.3 is 6.09 Å². The van der Waals surface area contributed by atoms with Crippen LogP contribution in [0, 0.1) is 11.6 Å². The summed E-state index contributed by atoms with van der Waals surface area (Å²) >= 11 is 0. The first-order chi connectivity index (χ1) is 10.5. The summed E-state index contributed by atoms with van der Waals surface area (Å²) in [5.41, 5.74) is -0.284. The van der Waals surface area contributed by atoms with Crippen molar-refractivity contribution in [3.63, 3.8) is 0 Å². The van der Waals surface area contributed by atoms with Crippen molar-refractivity contribution in [1.82, 2.24) is 15.6 Å². The molecule has 0 saturated carbocycles. The highest BCUT2D eigenvalue weighted by Crippen LogP contribution is 2.26. The number of nitrogens with zero attached hydrogens (tertiary/aromatic N) is 1. The van der Waals surface area contributed by atoms with Crippen LogP contribution in [-0.4, -0.2) is 35.2 Å². The van der Waals surface area contributed by atoms with Crippen molar-refractivity contribution in [1.29, 1.82) is 0 Å². The van der Waals surface area contributed by atoms with Gasteiger partial charge < -0.3 is 20.2 Å². The third-order valence-electron chi connectivity index (χ3n) is 2.65. The molecular formula is C13H11F2N3O4. The van der Waals surface area contributed by atoms with Crippen molar-refractivity contribution in [2.75, 3.05) is 13.1 Å². The number of halogens is 2. The Morgan fingerprint density at radius 1 is 1.23 bits per heavy atom. The minimum Gasteiger partial charge on any atom is -0.465 e. The molecule has 9 heteroatoms. The maximum atomic E-state index is 13.7. The first-order valence-corrected chi connectivity index (χ1v) is 6.13. The summed E-state index contributed by atoms with van der Waals surface area (Å²) in [7, 11) is 0. The predicted molar refractivity (Wildman–Crippen MR) is 70.2 cm³/mol. The highest BCUT2D eigenvalue weighted by atomic mass is 19.1. The van der Waals surface area contributed by atoms with Gasteiger partial charge in [0.1, 0.15) is 11.6 Å². The summed E-state index contributed by atoms with van der Waals surface area (Å²) in [6, 6.07) is 2.82. The van der Waals surface area contributed by atoms with E-state index in [-0.39, 0.29) is 30.1 Å². The van der Waals surface area contributed by atoms with Gasteiger partial charge in [-0.2, -0.15) is 0 Å². The largest absolute Gasteiger partial charge is 0.465 e. The van der Waals surface area contributed by atoms with Gasteiger partial charge in [-0.05, 0) is 12.1 Å². The van der Waals surface area contributed by atoms with Crippen LogP contribution in [0.5, 0.6) is 0 Å². The number of aromatic nitrogens is 1. The van der Waals surface area contributed by atoms with E-state index in [2.05, 4.69) is 15.6 Å². The molecule has 0 spiro atoms. The zero-order valence-corrected chi connectivity index (χ0v) is 11.1. The molecule has 0 unspecified atom stereocenters. The third-order valence-corrected chi connectivity index (χ3v) is 2.65. The van der Waals surface area contributed by atoms with Crippen LogP contribution in [0.4, 0.5) is 13.6 Å². The van der Waals surface area contributed by atoms with Crippen LogP contribution in [0.2, 0.25) is 0 Å². The number of hydrogen-bond acceptors (Lipinski definition) is 4. The molecule has 7 nitrogen and oxygen atoms in total.